The molecule has 0 fully saturated rings. The van der Waals surface area contributed by atoms with Crippen LogP contribution in [-0.4, -0.2) is 21.0 Å². The normalized spacial score (nSPS) is 13.9. The lowest BCUT2D eigenvalue weighted by molar-refractivity contribution is 0.0691. The van der Waals surface area contributed by atoms with Gasteiger partial charge in [0, 0.05) is 18.0 Å². The van der Waals surface area contributed by atoms with Crippen LogP contribution in [0.2, 0.25) is 0 Å². The van der Waals surface area contributed by atoms with Crippen molar-refractivity contribution in [1.29, 1.82) is 0 Å². The van der Waals surface area contributed by atoms with Crippen molar-refractivity contribution < 1.29 is 9.90 Å². The van der Waals surface area contributed by atoms with Gasteiger partial charge in [0.05, 0.1) is 0 Å². The van der Waals surface area contributed by atoms with E-state index in [1.807, 2.05) is 6.07 Å². The van der Waals surface area contributed by atoms with E-state index in [0.717, 1.165) is 18.4 Å². The van der Waals surface area contributed by atoms with Gasteiger partial charge in [0.25, 0.3) is 0 Å². The van der Waals surface area contributed by atoms with E-state index >= 15 is 0 Å². The number of rotatable bonds is 2. The van der Waals surface area contributed by atoms with Crippen molar-refractivity contribution in [2.75, 3.05) is 0 Å². The van der Waals surface area contributed by atoms with Gasteiger partial charge in [-0.2, -0.15) is 0 Å². The Morgan fingerprint density at radius 3 is 2.58 bits per heavy atom. The Labute approximate surface area is 111 Å². The molecule has 0 spiro atoms. The summed E-state index contributed by atoms with van der Waals surface area (Å²) in [6.45, 7) is 0. The molecule has 19 heavy (non-hydrogen) atoms. The molecule has 0 amide bonds. The Kier molecular flexibility index (Phi) is 2.99. The Hall–Kier alpha value is -2.23. The molecular formula is C15H14N2O2. The zero-order chi connectivity index (χ0) is 13.2. The Morgan fingerprint density at radius 1 is 1.05 bits per heavy atom. The number of nitrogens with zero attached hydrogens (tertiary/aromatic N) is 2. The van der Waals surface area contributed by atoms with Crippen molar-refractivity contribution in [3.63, 3.8) is 0 Å². The topological polar surface area (TPSA) is 63.1 Å². The molecule has 0 atom stereocenters. The molecule has 1 aliphatic carbocycles. The lowest BCUT2D eigenvalue weighted by atomic mass is 9.89. The van der Waals surface area contributed by atoms with Gasteiger partial charge >= 0.3 is 5.97 Å². The first-order chi connectivity index (χ1) is 9.25. The summed E-state index contributed by atoms with van der Waals surface area (Å²) < 4.78 is 0. The minimum Gasteiger partial charge on any atom is -0.476 e. The smallest absolute Gasteiger partial charge is 0.356 e. The van der Waals surface area contributed by atoms with Crippen LogP contribution in [0.4, 0.5) is 0 Å². The molecule has 4 nitrogen and oxygen atoms in total. The summed E-state index contributed by atoms with van der Waals surface area (Å²) in [4.78, 5) is 19.3. The predicted octanol–water partition coefficient (Wildman–Crippen LogP) is 2.72. The second-order valence-electron chi connectivity index (χ2n) is 4.75. The number of aromatic carboxylic acids is 1. The highest BCUT2D eigenvalue weighted by atomic mass is 16.4. The molecule has 0 saturated carbocycles. The van der Waals surface area contributed by atoms with Crippen molar-refractivity contribution in [3.05, 3.63) is 47.4 Å². The number of carboxylic acid groups (broad SMARTS) is 1. The molecule has 1 aromatic heterocycles. The number of fused-ring (bicyclic) bond motifs is 1. The van der Waals surface area contributed by atoms with E-state index in [1.165, 1.54) is 36.4 Å². The third-order valence-electron chi connectivity index (χ3n) is 3.52. The summed E-state index contributed by atoms with van der Waals surface area (Å²) in [6, 6.07) is 6.09. The van der Waals surface area contributed by atoms with Crippen LogP contribution in [0, 0.1) is 0 Å². The van der Waals surface area contributed by atoms with Gasteiger partial charge in [-0.05, 0) is 42.9 Å². The average molecular weight is 254 g/mol. The molecule has 3 rings (SSSR count). The fourth-order valence-corrected chi connectivity index (χ4v) is 2.59. The summed E-state index contributed by atoms with van der Waals surface area (Å²) in [7, 11) is 0. The molecule has 96 valence electrons. The molecular weight excluding hydrogens is 240 g/mol. The quantitative estimate of drug-likeness (QED) is 0.895. The number of carbonyl (C=O) groups is 1. The number of aryl methyl sites for hydroxylation is 2. The first-order valence-electron chi connectivity index (χ1n) is 6.42. The first-order valence-corrected chi connectivity index (χ1v) is 6.42. The van der Waals surface area contributed by atoms with Gasteiger partial charge in [-0.25, -0.2) is 9.78 Å². The lowest BCUT2D eigenvalue weighted by Gasteiger charge is -2.16. The van der Waals surface area contributed by atoms with Gasteiger partial charge in [0.1, 0.15) is 5.69 Å². The number of hydrogen-bond acceptors (Lipinski definition) is 3. The van der Waals surface area contributed by atoms with Crippen LogP contribution in [0.25, 0.3) is 11.3 Å². The van der Waals surface area contributed by atoms with Crippen LogP contribution in [0.1, 0.15) is 34.5 Å². The standard InChI is InChI=1S/C15H14N2O2/c18-15(19)14-13(16-7-8-17-14)12-6-5-10-3-1-2-4-11(10)9-12/h5-9H,1-4H2,(H,18,19). The van der Waals surface area contributed by atoms with E-state index in [1.54, 1.807) is 0 Å². The van der Waals surface area contributed by atoms with E-state index in [2.05, 4.69) is 22.1 Å². The van der Waals surface area contributed by atoms with Crippen LogP contribution in [-0.2, 0) is 12.8 Å². The Morgan fingerprint density at radius 2 is 1.79 bits per heavy atom. The monoisotopic (exact) mass is 254 g/mol. The highest BCUT2D eigenvalue weighted by Crippen LogP contribution is 2.27. The second kappa shape index (κ2) is 4.80. The van der Waals surface area contributed by atoms with E-state index in [-0.39, 0.29) is 5.69 Å². The molecule has 0 aliphatic heterocycles. The van der Waals surface area contributed by atoms with E-state index in [4.69, 9.17) is 5.11 Å². The van der Waals surface area contributed by atoms with Crippen LogP contribution in [0.15, 0.2) is 30.6 Å². The van der Waals surface area contributed by atoms with Crippen molar-refractivity contribution >= 4 is 5.97 Å². The van der Waals surface area contributed by atoms with Crippen LogP contribution < -0.4 is 0 Å². The molecule has 0 unspecified atom stereocenters. The molecule has 0 bridgehead atoms. The number of hydrogen-bond donors (Lipinski definition) is 1. The van der Waals surface area contributed by atoms with Crippen molar-refractivity contribution in [1.82, 2.24) is 9.97 Å². The van der Waals surface area contributed by atoms with Gasteiger partial charge < -0.3 is 5.11 Å². The summed E-state index contributed by atoms with van der Waals surface area (Å²) in [5.74, 6) is -1.04. The maximum Gasteiger partial charge on any atom is 0.356 e. The summed E-state index contributed by atoms with van der Waals surface area (Å²) in [5, 5.41) is 9.16. The summed E-state index contributed by atoms with van der Waals surface area (Å²) >= 11 is 0. The van der Waals surface area contributed by atoms with E-state index in [9.17, 15) is 4.79 Å². The number of carboxylic acids is 1. The lowest BCUT2D eigenvalue weighted by Crippen LogP contribution is -2.06. The molecule has 1 heterocycles. The zero-order valence-corrected chi connectivity index (χ0v) is 10.5. The van der Waals surface area contributed by atoms with Gasteiger partial charge in [-0.15, -0.1) is 0 Å². The fourth-order valence-electron chi connectivity index (χ4n) is 2.59. The average Bonchev–Trinajstić information content (AvgIpc) is 2.46. The molecule has 1 aliphatic rings. The summed E-state index contributed by atoms with van der Waals surface area (Å²) in [6.07, 6.45) is 7.54. The van der Waals surface area contributed by atoms with Gasteiger partial charge in [-0.1, -0.05) is 12.1 Å². The Balaban J connectivity index is 2.10. The molecule has 1 aromatic carbocycles. The largest absolute Gasteiger partial charge is 0.476 e. The SMILES string of the molecule is O=C(O)c1nccnc1-c1ccc2c(c1)CCCC2. The first kappa shape index (κ1) is 11.8. The maximum atomic E-state index is 11.2. The Bertz CT molecular complexity index is 638. The molecule has 0 radical (unpaired) electrons. The van der Waals surface area contributed by atoms with E-state index < -0.39 is 5.97 Å². The van der Waals surface area contributed by atoms with E-state index in [0.29, 0.717) is 5.69 Å². The summed E-state index contributed by atoms with van der Waals surface area (Å²) in [5.41, 5.74) is 3.98. The highest BCUT2D eigenvalue weighted by molar-refractivity contribution is 5.92. The molecule has 1 N–H and O–H groups in total. The molecule has 4 heteroatoms. The highest BCUT2D eigenvalue weighted by Gasteiger charge is 2.16. The third kappa shape index (κ3) is 2.21. The molecule has 2 aromatic rings. The minimum absolute atomic E-state index is 0.0123. The van der Waals surface area contributed by atoms with Crippen LogP contribution >= 0.6 is 0 Å². The molecule has 0 saturated heterocycles. The van der Waals surface area contributed by atoms with Crippen LogP contribution in [0.3, 0.4) is 0 Å². The van der Waals surface area contributed by atoms with Gasteiger partial charge in [0.15, 0.2) is 5.69 Å². The van der Waals surface area contributed by atoms with Crippen molar-refractivity contribution in [2.24, 2.45) is 0 Å². The predicted molar refractivity (Wildman–Crippen MR) is 71.1 cm³/mol. The third-order valence-corrected chi connectivity index (χ3v) is 3.52. The van der Waals surface area contributed by atoms with Crippen LogP contribution in [0.5, 0.6) is 0 Å². The van der Waals surface area contributed by atoms with Gasteiger partial charge in [-0.3, -0.25) is 4.98 Å². The zero-order valence-electron chi connectivity index (χ0n) is 10.5. The van der Waals surface area contributed by atoms with Gasteiger partial charge in [0.2, 0.25) is 0 Å². The minimum atomic E-state index is -1.04. The maximum absolute atomic E-state index is 11.2. The second-order valence-corrected chi connectivity index (χ2v) is 4.75. The number of benzene rings is 1. The number of aromatic nitrogens is 2. The van der Waals surface area contributed by atoms with Crippen molar-refractivity contribution in [2.45, 2.75) is 25.7 Å². The van der Waals surface area contributed by atoms with Crippen molar-refractivity contribution in [3.8, 4) is 11.3 Å². The fraction of sp³-hybridized carbons (Fsp3) is 0.267.